The largest absolute Gasteiger partial charge is 0.472 e. The molecule has 4 nitrogen and oxygen atoms in total. The molecule has 1 aliphatic heterocycles. The van der Waals surface area contributed by atoms with Crippen LogP contribution in [0.3, 0.4) is 0 Å². The fourth-order valence-electron chi connectivity index (χ4n) is 2.60. The molecule has 4 heteroatoms. The lowest BCUT2D eigenvalue weighted by Crippen LogP contribution is -2.57. The molecule has 1 aromatic heterocycles. The van der Waals surface area contributed by atoms with Crippen LogP contribution in [0, 0.1) is 0 Å². The third-order valence-corrected chi connectivity index (χ3v) is 4.11. The van der Waals surface area contributed by atoms with E-state index in [1.54, 1.807) is 6.26 Å². The predicted molar refractivity (Wildman–Crippen MR) is 68.7 cm³/mol. The van der Waals surface area contributed by atoms with Gasteiger partial charge < -0.3 is 15.1 Å². The van der Waals surface area contributed by atoms with E-state index in [1.807, 2.05) is 12.3 Å². The monoisotopic (exact) mass is 237 g/mol. The van der Waals surface area contributed by atoms with Crippen LogP contribution in [0.4, 0.5) is 0 Å². The lowest BCUT2D eigenvalue weighted by molar-refractivity contribution is 0.0484. The number of furan rings is 1. The molecular weight excluding hydrogens is 214 g/mol. The van der Waals surface area contributed by atoms with Gasteiger partial charge in [-0.2, -0.15) is 0 Å². The first-order valence-corrected chi connectivity index (χ1v) is 6.27. The van der Waals surface area contributed by atoms with Crippen molar-refractivity contribution in [2.45, 2.75) is 24.9 Å². The van der Waals surface area contributed by atoms with Crippen molar-refractivity contribution in [1.82, 2.24) is 9.80 Å². The second-order valence-electron chi connectivity index (χ2n) is 5.22. The summed E-state index contributed by atoms with van der Waals surface area (Å²) in [6.45, 7) is 3.91. The van der Waals surface area contributed by atoms with Crippen molar-refractivity contribution >= 4 is 0 Å². The topological polar surface area (TPSA) is 45.6 Å². The van der Waals surface area contributed by atoms with Crippen molar-refractivity contribution < 1.29 is 4.42 Å². The van der Waals surface area contributed by atoms with Gasteiger partial charge in [-0.15, -0.1) is 0 Å². The normalized spacial score (nSPS) is 20.9. The Morgan fingerprint density at radius 1 is 1.47 bits per heavy atom. The number of hydrogen-bond acceptors (Lipinski definition) is 4. The molecule has 0 saturated carbocycles. The Balaban J connectivity index is 2.02. The lowest BCUT2D eigenvalue weighted by atomic mass is 9.86. The van der Waals surface area contributed by atoms with Gasteiger partial charge in [-0.3, -0.25) is 4.90 Å². The minimum atomic E-state index is 0.157. The van der Waals surface area contributed by atoms with Crippen molar-refractivity contribution in [3.8, 4) is 0 Å². The van der Waals surface area contributed by atoms with E-state index in [1.165, 1.54) is 5.56 Å². The zero-order chi connectivity index (χ0) is 12.3. The van der Waals surface area contributed by atoms with Crippen LogP contribution in [0.2, 0.25) is 0 Å². The van der Waals surface area contributed by atoms with Gasteiger partial charge in [0.15, 0.2) is 0 Å². The molecule has 1 fully saturated rings. The molecule has 0 unspecified atom stereocenters. The Labute approximate surface area is 103 Å². The molecule has 1 saturated heterocycles. The van der Waals surface area contributed by atoms with Crippen molar-refractivity contribution in [2.24, 2.45) is 5.73 Å². The molecule has 0 radical (unpaired) electrons. The predicted octanol–water partition coefficient (Wildman–Crippen LogP) is 1.13. The van der Waals surface area contributed by atoms with E-state index < -0.39 is 0 Å². The Morgan fingerprint density at radius 2 is 2.18 bits per heavy atom. The highest BCUT2D eigenvalue weighted by Gasteiger charge is 2.36. The summed E-state index contributed by atoms with van der Waals surface area (Å²) in [7, 11) is 4.35. The van der Waals surface area contributed by atoms with Crippen LogP contribution in [0.15, 0.2) is 23.0 Å². The smallest absolute Gasteiger partial charge is 0.0947 e. The van der Waals surface area contributed by atoms with Crippen molar-refractivity contribution in [1.29, 1.82) is 0 Å². The van der Waals surface area contributed by atoms with Gasteiger partial charge in [0.05, 0.1) is 12.5 Å². The van der Waals surface area contributed by atoms with E-state index in [-0.39, 0.29) is 5.54 Å². The molecule has 2 N–H and O–H groups in total. The Bertz CT molecular complexity index is 328. The Hall–Kier alpha value is -0.840. The lowest BCUT2D eigenvalue weighted by Gasteiger charge is -2.46. The number of likely N-dealkylation sites (N-methyl/N-ethyl adjacent to an activating group) is 1. The number of nitrogens with two attached hydrogens (primary N) is 1. The molecule has 0 atom stereocenters. The molecule has 0 amide bonds. The number of hydrogen-bond donors (Lipinski definition) is 1. The molecule has 17 heavy (non-hydrogen) atoms. The molecule has 2 rings (SSSR count). The molecule has 0 bridgehead atoms. The van der Waals surface area contributed by atoms with Crippen LogP contribution >= 0.6 is 0 Å². The SMILES string of the molecule is CN1CCC(CN)(N(C)Cc2ccoc2)CC1. The highest BCUT2D eigenvalue weighted by Crippen LogP contribution is 2.27. The van der Waals surface area contributed by atoms with Gasteiger partial charge >= 0.3 is 0 Å². The van der Waals surface area contributed by atoms with Crippen LogP contribution in [-0.2, 0) is 6.54 Å². The van der Waals surface area contributed by atoms with Gasteiger partial charge in [0.25, 0.3) is 0 Å². The zero-order valence-corrected chi connectivity index (χ0v) is 10.9. The maximum Gasteiger partial charge on any atom is 0.0947 e. The molecule has 2 heterocycles. The summed E-state index contributed by atoms with van der Waals surface area (Å²) in [6, 6.07) is 2.02. The van der Waals surface area contributed by atoms with E-state index in [2.05, 4.69) is 23.9 Å². The highest BCUT2D eigenvalue weighted by atomic mass is 16.3. The average Bonchev–Trinajstić information content (AvgIpc) is 2.83. The Morgan fingerprint density at radius 3 is 2.71 bits per heavy atom. The summed E-state index contributed by atoms with van der Waals surface area (Å²) in [5, 5.41) is 0. The van der Waals surface area contributed by atoms with E-state index in [0.717, 1.165) is 39.0 Å². The van der Waals surface area contributed by atoms with Gasteiger partial charge in [0.2, 0.25) is 0 Å². The van der Waals surface area contributed by atoms with Crippen LogP contribution in [-0.4, -0.2) is 49.1 Å². The summed E-state index contributed by atoms with van der Waals surface area (Å²) in [5.74, 6) is 0. The van der Waals surface area contributed by atoms with E-state index in [4.69, 9.17) is 10.2 Å². The second kappa shape index (κ2) is 5.21. The average molecular weight is 237 g/mol. The van der Waals surface area contributed by atoms with Crippen LogP contribution in [0.1, 0.15) is 18.4 Å². The summed E-state index contributed by atoms with van der Waals surface area (Å²) in [5.41, 5.74) is 7.41. The third kappa shape index (κ3) is 2.70. The maximum atomic E-state index is 6.03. The first-order valence-electron chi connectivity index (χ1n) is 6.27. The maximum absolute atomic E-state index is 6.03. The van der Waals surface area contributed by atoms with E-state index in [9.17, 15) is 0 Å². The van der Waals surface area contributed by atoms with E-state index in [0.29, 0.717) is 0 Å². The molecule has 1 aliphatic rings. The molecule has 96 valence electrons. The third-order valence-electron chi connectivity index (χ3n) is 4.11. The first kappa shape index (κ1) is 12.6. The van der Waals surface area contributed by atoms with Gasteiger partial charge in [-0.05, 0) is 46.1 Å². The van der Waals surface area contributed by atoms with Crippen LogP contribution in [0.25, 0.3) is 0 Å². The van der Waals surface area contributed by atoms with Crippen molar-refractivity contribution in [2.75, 3.05) is 33.7 Å². The Kier molecular flexibility index (Phi) is 3.86. The number of piperidine rings is 1. The molecule has 0 spiro atoms. The van der Waals surface area contributed by atoms with Gasteiger partial charge in [-0.1, -0.05) is 0 Å². The minimum absolute atomic E-state index is 0.157. The van der Waals surface area contributed by atoms with Crippen molar-refractivity contribution in [3.63, 3.8) is 0 Å². The number of nitrogens with zero attached hydrogens (tertiary/aromatic N) is 2. The standard InChI is InChI=1S/C13H23N3O/c1-15-6-4-13(11-14,5-7-15)16(2)9-12-3-8-17-10-12/h3,8,10H,4-7,9,11,14H2,1-2H3. The zero-order valence-electron chi connectivity index (χ0n) is 10.9. The van der Waals surface area contributed by atoms with E-state index >= 15 is 0 Å². The second-order valence-corrected chi connectivity index (χ2v) is 5.22. The summed E-state index contributed by atoms with van der Waals surface area (Å²) < 4.78 is 5.12. The minimum Gasteiger partial charge on any atom is -0.472 e. The fraction of sp³-hybridized carbons (Fsp3) is 0.692. The number of rotatable bonds is 4. The molecule has 0 aromatic carbocycles. The van der Waals surface area contributed by atoms with Gasteiger partial charge in [0.1, 0.15) is 0 Å². The van der Waals surface area contributed by atoms with Gasteiger partial charge in [0, 0.05) is 24.2 Å². The van der Waals surface area contributed by atoms with Crippen LogP contribution in [0.5, 0.6) is 0 Å². The fourth-order valence-corrected chi connectivity index (χ4v) is 2.60. The van der Waals surface area contributed by atoms with Crippen molar-refractivity contribution in [3.05, 3.63) is 24.2 Å². The highest BCUT2D eigenvalue weighted by molar-refractivity contribution is 5.07. The quantitative estimate of drug-likeness (QED) is 0.853. The molecule has 0 aliphatic carbocycles. The first-order chi connectivity index (χ1) is 8.16. The summed E-state index contributed by atoms with van der Waals surface area (Å²) >= 11 is 0. The van der Waals surface area contributed by atoms with Gasteiger partial charge in [-0.25, -0.2) is 0 Å². The molecular formula is C13H23N3O. The molecule has 1 aromatic rings. The van der Waals surface area contributed by atoms with Crippen LogP contribution < -0.4 is 5.73 Å². The summed E-state index contributed by atoms with van der Waals surface area (Å²) in [4.78, 5) is 4.77. The number of likely N-dealkylation sites (tertiary alicyclic amines) is 1. The summed E-state index contributed by atoms with van der Waals surface area (Å²) in [6.07, 6.45) is 5.84.